The maximum Gasteiger partial charge on any atom is 0.160 e. The van der Waals surface area contributed by atoms with Crippen molar-refractivity contribution in [3.8, 4) is 0 Å². The number of aryl methyl sites for hydroxylation is 1. The quantitative estimate of drug-likeness (QED) is 0.891. The Balaban J connectivity index is 1.42. The van der Waals surface area contributed by atoms with Crippen molar-refractivity contribution in [3.05, 3.63) is 46.8 Å². The molecule has 1 saturated heterocycles. The second-order valence-electron chi connectivity index (χ2n) is 7.38. The number of halogens is 2. The van der Waals surface area contributed by atoms with Crippen LogP contribution in [0.25, 0.3) is 0 Å². The van der Waals surface area contributed by atoms with Gasteiger partial charge in [0.15, 0.2) is 11.6 Å². The Kier molecular flexibility index (Phi) is 5.14. The summed E-state index contributed by atoms with van der Waals surface area (Å²) in [5, 5.41) is 14.2. The Bertz CT molecular complexity index is 815. The number of rotatable bonds is 4. The van der Waals surface area contributed by atoms with Gasteiger partial charge in [-0.3, -0.25) is 9.58 Å². The first kappa shape index (κ1) is 18.4. The molecule has 27 heavy (non-hydrogen) atoms. The molecule has 7 heteroatoms. The summed E-state index contributed by atoms with van der Waals surface area (Å²) >= 11 is 0. The molecule has 4 rings (SSSR count). The summed E-state index contributed by atoms with van der Waals surface area (Å²) in [4.78, 5) is 4.62. The summed E-state index contributed by atoms with van der Waals surface area (Å²) in [6, 6.07) is 4.61. The molecule has 0 bridgehead atoms. The minimum Gasteiger partial charge on any atom is -0.390 e. The predicted molar refractivity (Wildman–Crippen MR) is 99.5 cm³/mol. The fraction of sp³-hybridized carbons (Fsp3) is 0.550. The van der Waals surface area contributed by atoms with Crippen LogP contribution in [0.4, 0.5) is 14.5 Å². The highest BCUT2D eigenvalue weighted by atomic mass is 19.2. The standard InChI is InChI=1S/C20H26F2N4O/c1-2-26-20-7-10-25(12-16(20)19(13-27)23-26)14-5-8-24(9-6-14)15-3-4-17(21)18(22)11-15/h3-4,11,14,27H,2,5-10,12-13H2,1H3. The minimum absolute atomic E-state index is 0.0161. The smallest absolute Gasteiger partial charge is 0.160 e. The van der Waals surface area contributed by atoms with Crippen LogP contribution >= 0.6 is 0 Å². The van der Waals surface area contributed by atoms with Crippen LogP contribution in [-0.2, 0) is 26.1 Å². The van der Waals surface area contributed by atoms with Gasteiger partial charge in [-0.1, -0.05) is 0 Å². The number of aliphatic hydroxyl groups excluding tert-OH is 1. The Morgan fingerprint density at radius 1 is 1.15 bits per heavy atom. The van der Waals surface area contributed by atoms with Crippen molar-refractivity contribution in [2.75, 3.05) is 24.5 Å². The number of aromatic nitrogens is 2. The monoisotopic (exact) mass is 376 g/mol. The van der Waals surface area contributed by atoms with Crippen LogP contribution in [0.3, 0.4) is 0 Å². The highest BCUT2D eigenvalue weighted by molar-refractivity contribution is 5.47. The van der Waals surface area contributed by atoms with Crippen LogP contribution < -0.4 is 4.90 Å². The van der Waals surface area contributed by atoms with Crippen molar-refractivity contribution in [2.24, 2.45) is 0 Å². The lowest BCUT2D eigenvalue weighted by atomic mass is 9.97. The third-order valence-corrected chi connectivity index (χ3v) is 5.95. The zero-order chi connectivity index (χ0) is 19.0. The van der Waals surface area contributed by atoms with E-state index in [9.17, 15) is 13.9 Å². The van der Waals surface area contributed by atoms with Crippen LogP contribution in [0, 0.1) is 11.6 Å². The molecule has 1 fully saturated rings. The number of piperidine rings is 1. The van der Waals surface area contributed by atoms with Crippen LogP contribution in [0.1, 0.15) is 36.7 Å². The molecule has 2 aromatic rings. The van der Waals surface area contributed by atoms with Crippen molar-refractivity contribution in [1.82, 2.24) is 14.7 Å². The van der Waals surface area contributed by atoms with E-state index in [0.29, 0.717) is 6.04 Å². The first-order valence-electron chi connectivity index (χ1n) is 9.73. The molecule has 2 aliphatic heterocycles. The molecule has 0 radical (unpaired) electrons. The Morgan fingerprint density at radius 3 is 2.59 bits per heavy atom. The van der Waals surface area contributed by atoms with E-state index < -0.39 is 11.6 Å². The third-order valence-electron chi connectivity index (χ3n) is 5.95. The van der Waals surface area contributed by atoms with Gasteiger partial charge in [0.1, 0.15) is 0 Å². The summed E-state index contributed by atoms with van der Waals surface area (Å²) in [6.07, 6.45) is 2.94. The summed E-state index contributed by atoms with van der Waals surface area (Å²) < 4.78 is 28.7. The molecule has 1 aromatic heterocycles. The first-order valence-corrected chi connectivity index (χ1v) is 9.73. The number of hydrogen-bond donors (Lipinski definition) is 1. The molecule has 1 N–H and O–H groups in total. The van der Waals surface area contributed by atoms with Crippen LogP contribution in [0.5, 0.6) is 0 Å². The molecule has 0 aliphatic carbocycles. The zero-order valence-corrected chi connectivity index (χ0v) is 15.7. The average Bonchev–Trinajstić information content (AvgIpc) is 3.07. The molecule has 0 unspecified atom stereocenters. The van der Waals surface area contributed by atoms with Gasteiger partial charge in [-0.2, -0.15) is 5.10 Å². The lowest BCUT2D eigenvalue weighted by molar-refractivity contribution is 0.150. The van der Waals surface area contributed by atoms with Gasteiger partial charge in [0.05, 0.1) is 12.3 Å². The number of hydrogen-bond acceptors (Lipinski definition) is 4. The van der Waals surface area contributed by atoms with Crippen molar-refractivity contribution in [3.63, 3.8) is 0 Å². The van der Waals surface area contributed by atoms with E-state index in [1.807, 2.05) is 4.68 Å². The zero-order valence-electron chi connectivity index (χ0n) is 15.7. The van der Waals surface area contributed by atoms with Crippen molar-refractivity contribution in [2.45, 2.75) is 51.9 Å². The van der Waals surface area contributed by atoms with Crippen molar-refractivity contribution >= 4 is 5.69 Å². The molecule has 5 nitrogen and oxygen atoms in total. The number of benzene rings is 1. The molecule has 0 atom stereocenters. The maximum atomic E-state index is 13.5. The summed E-state index contributed by atoms with van der Waals surface area (Å²) in [5.74, 6) is -1.59. The van der Waals surface area contributed by atoms with Gasteiger partial charge in [0.2, 0.25) is 0 Å². The second kappa shape index (κ2) is 7.56. The van der Waals surface area contributed by atoms with E-state index in [2.05, 4.69) is 21.8 Å². The molecule has 146 valence electrons. The predicted octanol–water partition coefficient (Wildman–Crippen LogP) is 2.70. The fourth-order valence-corrected chi connectivity index (χ4v) is 4.45. The van der Waals surface area contributed by atoms with E-state index in [1.54, 1.807) is 6.07 Å². The maximum absolute atomic E-state index is 13.5. The van der Waals surface area contributed by atoms with Gasteiger partial charge >= 0.3 is 0 Å². The second-order valence-corrected chi connectivity index (χ2v) is 7.38. The molecule has 3 heterocycles. The number of fused-ring (bicyclic) bond motifs is 1. The van der Waals surface area contributed by atoms with E-state index in [-0.39, 0.29) is 6.61 Å². The Morgan fingerprint density at radius 2 is 1.93 bits per heavy atom. The fourth-order valence-electron chi connectivity index (χ4n) is 4.45. The van der Waals surface area contributed by atoms with Gasteiger partial charge in [-0.25, -0.2) is 8.78 Å². The lowest BCUT2D eigenvalue weighted by Crippen LogP contribution is -2.46. The van der Waals surface area contributed by atoms with Gasteiger partial charge in [0, 0.05) is 68.2 Å². The Labute approximate surface area is 158 Å². The van der Waals surface area contributed by atoms with Crippen molar-refractivity contribution < 1.29 is 13.9 Å². The van der Waals surface area contributed by atoms with Gasteiger partial charge in [-0.15, -0.1) is 0 Å². The molecule has 0 amide bonds. The normalized spacial score (nSPS) is 18.7. The van der Waals surface area contributed by atoms with E-state index in [1.165, 1.54) is 23.4 Å². The van der Waals surface area contributed by atoms with Crippen molar-refractivity contribution in [1.29, 1.82) is 0 Å². The van der Waals surface area contributed by atoms with Crippen LogP contribution in [0.15, 0.2) is 18.2 Å². The highest BCUT2D eigenvalue weighted by Crippen LogP contribution is 2.29. The molecular formula is C20H26F2N4O. The molecule has 0 spiro atoms. The number of aliphatic hydroxyl groups is 1. The average molecular weight is 376 g/mol. The van der Waals surface area contributed by atoms with E-state index in [4.69, 9.17) is 0 Å². The summed E-state index contributed by atoms with van der Waals surface area (Å²) in [7, 11) is 0. The largest absolute Gasteiger partial charge is 0.390 e. The van der Waals surface area contributed by atoms with Crippen LogP contribution in [-0.4, -0.2) is 45.5 Å². The highest BCUT2D eigenvalue weighted by Gasteiger charge is 2.30. The van der Waals surface area contributed by atoms with Gasteiger partial charge in [-0.05, 0) is 31.9 Å². The first-order chi connectivity index (χ1) is 13.1. The van der Waals surface area contributed by atoms with Gasteiger partial charge < -0.3 is 10.0 Å². The van der Waals surface area contributed by atoms with E-state index >= 15 is 0 Å². The molecule has 1 aromatic carbocycles. The minimum atomic E-state index is -0.801. The SMILES string of the molecule is CCn1nc(CO)c2c1CCN(C1CCN(c3ccc(F)c(F)c3)CC1)C2. The number of anilines is 1. The van der Waals surface area contributed by atoms with E-state index in [0.717, 1.165) is 63.4 Å². The topological polar surface area (TPSA) is 44.5 Å². The number of nitrogens with zero attached hydrogens (tertiary/aromatic N) is 4. The Hall–Kier alpha value is -1.99. The molecule has 2 aliphatic rings. The lowest BCUT2D eigenvalue weighted by Gasteiger charge is -2.41. The third kappa shape index (κ3) is 3.46. The summed E-state index contributed by atoms with van der Waals surface area (Å²) in [6.45, 7) is 6.39. The van der Waals surface area contributed by atoms with Crippen LogP contribution in [0.2, 0.25) is 0 Å². The molecule has 0 saturated carbocycles. The van der Waals surface area contributed by atoms with Gasteiger partial charge in [0.25, 0.3) is 0 Å². The summed E-state index contributed by atoms with van der Waals surface area (Å²) in [5.41, 5.74) is 4.00. The molecular weight excluding hydrogens is 350 g/mol.